The number of carbonyl (C=O) groups excluding carboxylic acids is 2. The van der Waals surface area contributed by atoms with Gasteiger partial charge in [-0.3, -0.25) is 4.79 Å². The Morgan fingerprint density at radius 2 is 1.96 bits per heavy atom. The van der Waals surface area contributed by atoms with Crippen LogP contribution < -0.4 is 10.1 Å². The summed E-state index contributed by atoms with van der Waals surface area (Å²) in [5.74, 6) is -4.09. The number of rotatable bonds is 2. The van der Waals surface area contributed by atoms with Gasteiger partial charge >= 0.3 is 12.1 Å². The Bertz CT molecular complexity index is 700. The molecule has 1 N–H and O–H groups in total. The van der Waals surface area contributed by atoms with Gasteiger partial charge in [-0.15, -0.1) is 0 Å². The van der Waals surface area contributed by atoms with Crippen molar-refractivity contribution in [3.05, 3.63) is 14.9 Å². The van der Waals surface area contributed by atoms with E-state index in [1.807, 2.05) is 0 Å². The molecule has 1 saturated carbocycles. The first-order valence-corrected chi connectivity index (χ1v) is 8.53. The molecule has 1 saturated heterocycles. The Labute approximate surface area is 150 Å². The van der Waals surface area contributed by atoms with E-state index in [4.69, 9.17) is 4.42 Å². The number of nitrogens with zero attached hydrogens (tertiary/aromatic N) is 1. The summed E-state index contributed by atoms with van der Waals surface area (Å²) in [4.78, 5) is 25.2. The highest BCUT2D eigenvalue weighted by molar-refractivity contribution is 9.13. The Morgan fingerprint density at radius 1 is 1.29 bits per heavy atom. The molecule has 6 nitrogen and oxygen atoms in total. The smallest absolute Gasteiger partial charge is 0.439 e. The lowest BCUT2D eigenvalue weighted by Gasteiger charge is -2.33. The Kier molecular flexibility index (Phi) is 4.45. The van der Waals surface area contributed by atoms with Crippen molar-refractivity contribution in [2.24, 2.45) is 0 Å². The lowest BCUT2D eigenvalue weighted by atomic mass is 10.2. The van der Waals surface area contributed by atoms with E-state index in [0.717, 1.165) is 12.8 Å². The van der Waals surface area contributed by atoms with Crippen molar-refractivity contribution < 1.29 is 31.9 Å². The fourth-order valence-electron chi connectivity index (χ4n) is 2.51. The molecule has 1 amide bonds. The number of ether oxygens (including phenoxy) is 1. The standard InChI is InChI=1S/C13H11Br2F3N2O4/c14-6-7(24-11(22)13(16,17)18)8(23-9(6)15)10(21)20-4-3-19-12(5-20)1-2-12/h19H,1-5H2. The fourth-order valence-corrected chi connectivity index (χ4v) is 3.20. The van der Waals surface area contributed by atoms with E-state index < -0.39 is 29.6 Å². The van der Waals surface area contributed by atoms with Crippen LogP contribution in [-0.4, -0.2) is 48.1 Å². The molecule has 132 valence electrons. The van der Waals surface area contributed by atoms with E-state index in [1.165, 1.54) is 4.90 Å². The van der Waals surface area contributed by atoms with Gasteiger partial charge in [0, 0.05) is 25.2 Å². The number of halogens is 5. The van der Waals surface area contributed by atoms with Crippen LogP contribution in [0.4, 0.5) is 13.2 Å². The SMILES string of the molecule is O=C(c1oc(Br)c(Br)c1OC(=O)C(F)(F)F)N1CCNC2(CC2)C1. The molecule has 2 heterocycles. The molecule has 24 heavy (non-hydrogen) atoms. The number of carbonyl (C=O) groups is 2. The van der Waals surface area contributed by atoms with Crippen molar-refractivity contribution in [1.82, 2.24) is 10.2 Å². The highest BCUT2D eigenvalue weighted by Gasteiger charge is 2.48. The van der Waals surface area contributed by atoms with Crippen molar-refractivity contribution in [3.63, 3.8) is 0 Å². The number of nitrogens with one attached hydrogen (secondary N) is 1. The molecule has 1 aliphatic carbocycles. The van der Waals surface area contributed by atoms with E-state index >= 15 is 0 Å². The normalized spacial score (nSPS) is 19.5. The van der Waals surface area contributed by atoms with E-state index in [-0.39, 0.29) is 14.7 Å². The van der Waals surface area contributed by atoms with Crippen LogP contribution in [0.3, 0.4) is 0 Å². The predicted octanol–water partition coefficient (Wildman–Crippen LogP) is 2.85. The molecule has 1 aromatic rings. The molecular weight excluding hydrogens is 465 g/mol. The number of furan rings is 1. The van der Waals surface area contributed by atoms with Gasteiger partial charge in [0.25, 0.3) is 5.91 Å². The van der Waals surface area contributed by atoms with Crippen LogP contribution in [0.15, 0.2) is 13.6 Å². The van der Waals surface area contributed by atoms with Crippen LogP contribution in [0.5, 0.6) is 5.75 Å². The van der Waals surface area contributed by atoms with Crippen LogP contribution in [0.2, 0.25) is 0 Å². The number of esters is 1. The minimum Gasteiger partial charge on any atom is -0.439 e. The van der Waals surface area contributed by atoms with Crippen molar-refractivity contribution in [1.29, 1.82) is 0 Å². The lowest BCUT2D eigenvalue weighted by Crippen LogP contribution is -2.54. The third kappa shape index (κ3) is 3.33. The maximum atomic E-state index is 12.6. The second-order valence-corrected chi connectivity index (χ2v) is 7.18. The van der Waals surface area contributed by atoms with Gasteiger partial charge in [0.2, 0.25) is 5.76 Å². The number of hydrogen-bond acceptors (Lipinski definition) is 5. The van der Waals surface area contributed by atoms with E-state index in [2.05, 4.69) is 41.9 Å². The summed E-state index contributed by atoms with van der Waals surface area (Å²) < 4.78 is 46.7. The summed E-state index contributed by atoms with van der Waals surface area (Å²) in [6, 6.07) is 0. The number of amides is 1. The van der Waals surface area contributed by atoms with Gasteiger partial charge in [-0.1, -0.05) is 0 Å². The molecule has 1 spiro atoms. The summed E-state index contributed by atoms with van der Waals surface area (Å²) in [7, 11) is 0. The Balaban J connectivity index is 1.86. The zero-order valence-electron chi connectivity index (χ0n) is 12.0. The lowest BCUT2D eigenvalue weighted by molar-refractivity contribution is -0.189. The van der Waals surface area contributed by atoms with Gasteiger partial charge < -0.3 is 19.4 Å². The molecule has 0 unspecified atom stereocenters. The third-order valence-corrected chi connectivity index (χ3v) is 5.72. The molecule has 1 aromatic heterocycles. The van der Waals surface area contributed by atoms with Crippen LogP contribution in [0.1, 0.15) is 23.4 Å². The highest BCUT2D eigenvalue weighted by Crippen LogP contribution is 2.42. The van der Waals surface area contributed by atoms with Gasteiger partial charge in [0.05, 0.1) is 0 Å². The molecular formula is C13H11Br2F3N2O4. The van der Waals surface area contributed by atoms with Crippen molar-refractivity contribution in [2.75, 3.05) is 19.6 Å². The average Bonchev–Trinajstić information content (AvgIpc) is 3.19. The second kappa shape index (κ2) is 6.03. The first kappa shape index (κ1) is 17.7. The van der Waals surface area contributed by atoms with Crippen LogP contribution >= 0.6 is 31.9 Å². The largest absolute Gasteiger partial charge is 0.491 e. The van der Waals surface area contributed by atoms with Gasteiger partial charge in [0.1, 0.15) is 4.47 Å². The number of piperazine rings is 1. The first-order valence-electron chi connectivity index (χ1n) is 6.94. The molecule has 3 rings (SSSR count). The summed E-state index contributed by atoms with van der Waals surface area (Å²) in [5, 5.41) is 3.31. The maximum Gasteiger partial charge on any atom is 0.491 e. The monoisotopic (exact) mass is 474 g/mol. The van der Waals surface area contributed by atoms with E-state index in [1.54, 1.807) is 0 Å². The van der Waals surface area contributed by atoms with Gasteiger partial charge in [-0.05, 0) is 44.7 Å². The van der Waals surface area contributed by atoms with Gasteiger partial charge in [-0.2, -0.15) is 13.2 Å². The topological polar surface area (TPSA) is 71.8 Å². The van der Waals surface area contributed by atoms with Crippen LogP contribution in [-0.2, 0) is 4.79 Å². The quantitative estimate of drug-likeness (QED) is 0.666. The van der Waals surface area contributed by atoms with Crippen LogP contribution in [0.25, 0.3) is 0 Å². The van der Waals surface area contributed by atoms with Gasteiger partial charge in [-0.25, -0.2) is 4.79 Å². The zero-order chi connectivity index (χ0) is 17.7. The molecule has 2 aliphatic rings. The number of hydrogen-bond donors (Lipinski definition) is 1. The summed E-state index contributed by atoms with van der Waals surface area (Å²) in [6.07, 6.45) is -3.33. The summed E-state index contributed by atoms with van der Waals surface area (Å²) in [6.45, 7) is 1.38. The van der Waals surface area contributed by atoms with Crippen LogP contribution in [0, 0.1) is 0 Å². The molecule has 0 aromatic carbocycles. The zero-order valence-corrected chi connectivity index (χ0v) is 15.2. The van der Waals surface area contributed by atoms with E-state index in [0.29, 0.717) is 19.6 Å². The van der Waals surface area contributed by atoms with Crippen molar-refractivity contribution >= 4 is 43.7 Å². The molecule has 1 aliphatic heterocycles. The maximum absolute atomic E-state index is 12.6. The second-order valence-electron chi connectivity index (χ2n) is 5.67. The average molecular weight is 476 g/mol. The third-order valence-electron chi connectivity index (χ3n) is 3.91. The highest BCUT2D eigenvalue weighted by atomic mass is 79.9. The summed E-state index contributed by atoms with van der Waals surface area (Å²) >= 11 is 5.92. The molecule has 0 radical (unpaired) electrons. The summed E-state index contributed by atoms with van der Waals surface area (Å²) in [5.41, 5.74) is -0.113. The van der Waals surface area contributed by atoms with E-state index in [9.17, 15) is 22.8 Å². The minimum absolute atomic E-state index is 0.0351. The van der Waals surface area contributed by atoms with Crippen molar-refractivity contribution in [2.45, 2.75) is 24.6 Å². The predicted molar refractivity (Wildman–Crippen MR) is 81.7 cm³/mol. The van der Waals surface area contributed by atoms with Crippen molar-refractivity contribution in [3.8, 4) is 5.75 Å². The molecule has 11 heteroatoms. The Hall–Kier alpha value is -1.07. The van der Waals surface area contributed by atoms with Gasteiger partial charge in [0.15, 0.2) is 10.4 Å². The minimum atomic E-state index is -5.18. The Morgan fingerprint density at radius 3 is 2.54 bits per heavy atom. The number of alkyl halides is 3. The molecule has 2 fully saturated rings. The molecule has 0 atom stereocenters. The fraction of sp³-hybridized carbons (Fsp3) is 0.538. The first-order chi connectivity index (χ1) is 11.1. The molecule has 0 bridgehead atoms.